The summed E-state index contributed by atoms with van der Waals surface area (Å²) in [6.45, 7) is 2.37. The Bertz CT molecular complexity index is 659. The van der Waals surface area contributed by atoms with Crippen LogP contribution in [0.4, 0.5) is 0 Å². The summed E-state index contributed by atoms with van der Waals surface area (Å²) in [5.41, 5.74) is 0. The third-order valence-corrected chi connectivity index (χ3v) is 8.39. The van der Waals surface area contributed by atoms with E-state index in [4.69, 9.17) is 9.47 Å². The number of hydrogen-bond donors (Lipinski definition) is 0. The zero-order chi connectivity index (χ0) is 20.2. The van der Waals surface area contributed by atoms with Gasteiger partial charge in [0.1, 0.15) is 11.5 Å². The van der Waals surface area contributed by atoms with E-state index in [9.17, 15) is 4.79 Å². The zero-order valence-electron chi connectivity index (χ0n) is 18.3. The fraction of sp³-hybridized carbons (Fsp3) is 0.731. The molecule has 3 fully saturated rings. The van der Waals surface area contributed by atoms with Gasteiger partial charge in [0.2, 0.25) is 0 Å². The number of fused-ring (bicyclic) bond motifs is 1. The highest BCUT2D eigenvalue weighted by Gasteiger charge is 2.39. The van der Waals surface area contributed by atoms with Gasteiger partial charge < -0.3 is 9.47 Å². The van der Waals surface area contributed by atoms with Crippen LogP contribution in [0, 0.1) is 35.5 Å². The maximum Gasteiger partial charge on any atom is 0.314 e. The lowest BCUT2D eigenvalue weighted by atomic mass is 9.61. The van der Waals surface area contributed by atoms with Crippen molar-refractivity contribution in [3.63, 3.8) is 0 Å². The van der Waals surface area contributed by atoms with Gasteiger partial charge in [-0.3, -0.25) is 4.79 Å². The minimum Gasteiger partial charge on any atom is -0.497 e. The summed E-state index contributed by atoms with van der Waals surface area (Å²) < 4.78 is 10.8. The average Bonchev–Trinajstić information content (AvgIpc) is 2.79. The second-order valence-electron chi connectivity index (χ2n) is 9.89. The molecule has 0 aromatic heterocycles. The van der Waals surface area contributed by atoms with Crippen molar-refractivity contribution in [1.82, 2.24) is 0 Å². The smallest absolute Gasteiger partial charge is 0.314 e. The molecule has 0 saturated heterocycles. The Morgan fingerprint density at radius 1 is 0.793 bits per heavy atom. The molecule has 160 valence electrons. The van der Waals surface area contributed by atoms with E-state index in [1.54, 1.807) is 7.11 Å². The van der Waals surface area contributed by atoms with Crippen LogP contribution in [0.3, 0.4) is 0 Å². The number of carbonyl (C=O) groups excluding carboxylic acids is 1. The molecule has 29 heavy (non-hydrogen) atoms. The van der Waals surface area contributed by atoms with Gasteiger partial charge in [-0.05, 0) is 112 Å². The Kier molecular flexibility index (Phi) is 6.82. The SMILES string of the molecule is CCC1CCC2CC(C3CCC(C(=O)Oc4ccc(OC)cc4)CC3)CCC2C1. The average molecular weight is 399 g/mol. The number of ether oxygens (including phenoxy) is 2. The second-order valence-corrected chi connectivity index (χ2v) is 9.89. The van der Waals surface area contributed by atoms with Gasteiger partial charge in [-0.1, -0.05) is 19.8 Å². The van der Waals surface area contributed by atoms with E-state index >= 15 is 0 Å². The highest BCUT2D eigenvalue weighted by atomic mass is 16.5. The third-order valence-electron chi connectivity index (χ3n) is 8.39. The van der Waals surface area contributed by atoms with Crippen molar-refractivity contribution in [3.05, 3.63) is 24.3 Å². The lowest BCUT2D eigenvalue weighted by Gasteiger charge is -2.45. The molecule has 0 radical (unpaired) electrons. The summed E-state index contributed by atoms with van der Waals surface area (Å²) in [7, 11) is 1.64. The first-order valence-electron chi connectivity index (χ1n) is 12.0. The van der Waals surface area contributed by atoms with E-state index in [2.05, 4.69) is 6.92 Å². The molecule has 0 N–H and O–H groups in total. The van der Waals surface area contributed by atoms with Crippen molar-refractivity contribution < 1.29 is 14.3 Å². The van der Waals surface area contributed by atoms with Crippen LogP contribution in [0.1, 0.15) is 77.6 Å². The number of esters is 1. The van der Waals surface area contributed by atoms with E-state index < -0.39 is 0 Å². The Morgan fingerprint density at radius 2 is 1.34 bits per heavy atom. The van der Waals surface area contributed by atoms with E-state index in [0.717, 1.165) is 48.2 Å². The molecular weight excluding hydrogens is 360 g/mol. The molecule has 3 heteroatoms. The number of hydrogen-bond acceptors (Lipinski definition) is 3. The third kappa shape index (κ3) is 4.98. The Morgan fingerprint density at radius 3 is 2.00 bits per heavy atom. The van der Waals surface area contributed by atoms with Gasteiger partial charge in [0.05, 0.1) is 13.0 Å². The Labute approximate surface area is 176 Å². The molecule has 0 bridgehead atoms. The summed E-state index contributed by atoms with van der Waals surface area (Å²) in [5.74, 6) is 6.19. The molecule has 0 aliphatic heterocycles. The van der Waals surface area contributed by atoms with Crippen molar-refractivity contribution >= 4 is 5.97 Å². The van der Waals surface area contributed by atoms with Gasteiger partial charge in [-0.25, -0.2) is 0 Å². The Hall–Kier alpha value is -1.51. The van der Waals surface area contributed by atoms with Crippen LogP contribution in [0.25, 0.3) is 0 Å². The van der Waals surface area contributed by atoms with E-state index in [-0.39, 0.29) is 11.9 Å². The highest BCUT2D eigenvalue weighted by molar-refractivity contribution is 5.75. The summed E-state index contributed by atoms with van der Waals surface area (Å²) in [6, 6.07) is 7.30. The predicted octanol–water partition coefficient (Wildman–Crippen LogP) is 6.65. The van der Waals surface area contributed by atoms with Crippen molar-refractivity contribution in [3.8, 4) is 11.5 Å². The van der Waals surface area contributed by atoms with Gasteiger partial charge in [0, 0.05) is 0 Å². The Balaban J connectivity index is 1.23. The molecule has 1 aromatic rings. The van der Waals surface area contributed by atoms with Crippen molar-refractivity contribution in [1.29, 1.82) is 0 Å². The number of rotatable bonds is 5. The lowest BCUT2D eigenvalue weighted by molar-refractivity contribution is -0.140. The van der Waals surface area contributed by atoms with Crippen LogP contribution in [0.15, 0.2) is 24.3 Å². The van der Waals surface area contributed by atoms with Crippen molar-refractivity contribution in [2.45, 2.75) is 77.6 Å². The number of carbonyl (C=O) groups is 1. The molecule has 3 saturated carbocycles. The zero-order valence-corrected chi connectivity index (χ0v) is 18.3. The van der Waals surface area contributed by atoms with Crippen LogP contribution in [-0.2, 0) is 4.79 Å². The lowest BCUT2D eigenvalue weighted by Crippen LogP contribution is -2.35. The minimum absolute atomic E-state index is 0.0461. The fourth-order valence-corrected chi connectivity index (χ4v) is 6.49. The van der Waals surface area contributed by atoms with Crippen LogP contribution in [-0.4, -0.2) is 13.1 Å². The van der Waals surface area contributed by atoms with E-state index in [1.165, 1.54) is 57.8 Å². The fourth-order valence-electron chi connectivity index (χ4n) is 6.49. The highest BCUT2D eigenvalue weighted by Crippen LogP contribution is 2.49. The molecule has 1 aromatic carbocycles. The predicted molar refractivity (Wildman–Crippen MR) is 116 cm³/mol. The normalized spacial score (nSPS) is 34.8. The quantitative estimate of drug-likeness (QED) is 0.411. The standard InChI is InChI=1S/C26H38O3/c1-3-18-4-5-23-17-22(11-10-21(23)16-18)19-6-8-20(9-7-19)26(27)29-25-14-12-24(28-2)13-15-25/h12-15,18-23H,3-11,16-17H2,1-2H3. The second kappa shape index (κ2) is 9.53. The first-order chi connectivity index (χ1) is 14.2. The summed E-state index contributed by atoms with van der Waals surface area (Å²) in [6.07, 6.45) is 14.6. The van der Waals surface area contributed by atoms with Gasteiger partial charge in [0.15, 0.2) is 0 Å². The molecule has 4 atom stereocenters. The van der Waals surface area contributed by atoms with Crippen LogP contribution < -0.4 is 9.47 Å². The van der Waals surface area contributed by atoms with E-state index in [0.29, 0.717) is 5.75 Å². The van der Waals surface area contributed by atoms with Crippen molar-refractivity contribution in [2.75, 3.05) is 7.11 Å². The number of benzene rings is 1. The molecule has 0 spiro atoms. The minimum atomic E-state index is -0.0461. The molecule has 4 rings (SSSR count). The maximum atomic E-state index is 12.6. The van der Waals surface area contributed by atoms with E-state index in [1.807, 2.05) is 24.3 Å². The van der Waals surface area contributed by atoms with Gasteiger partial charge in [-0.15, -0.1) is 0 Å². The monoisotopic (exact) mass is 398 g/mol. The van der Waals surface area contributed by atoms with Gasteiger partial charge >= 0.3 is 5.97 Å². The molecule has 0 heterocycles. The molecule has 0 amide bonds. The van der Waals surface area contributed by atoms with Crippen molar-refractivity contribution in [2.24, 2.45) is 35.5 Å². The molecule has 4 unspecified atom stereocenters. The van der Waals surface area contributed by atoms with Gasteiger partial charge in [-0.2, -0.15) is 0 Å². The summed E-state index contributed by atoms with van der Waals surface area (Å²) in [5, 5.41) is 0. The molecule has 3 aliphatic carbocycles. The first kappa shape index (κ1) is 20.8. The summed E-state index contributed by atoms with van der Waals surface area (Å²) >= 11 is 0. The number of methoxy groups -OCH3 is 1. The van der Waals surface area contributed by atoms with Crippen LogP contribution >= 0.6 is 0 Å². The largest absolute Gasteiger partial charge is 0.497 e. The first-order valence-corrected chi connectivity index (χ1v) is 12.0. The molecular formula is C26H38O3. The van der Waals surface area contributed by atoms with Crippen LogP contribution in [0.2, 0.25) is 0 Å². The topological polar surface area (TPSA) is 35.5 Å². The maximum absolute atomic E-state index is 12.6. The molecule has 3 nitrogen and oxygen atoms in total. The summed E-state index contributed by atoms with van der Waals surface area (Å²) in [4.78, 5) is 12.6. The van der Waals surface area contributed by atoms with Gasteiger partial charge in [0.25, 0.3) is 0 Å². The van der Waals surface area contributed by atoms with Crippen LogP contribution in [0.5, 0.6) is 11.5 Å². The molecule has 3 aliphatic rings.